The molecule has 0 aromatic heterocycles. The van der Waals surface area contributed by atoms with Gasteiger partial charge in [-0.2, -0.15) is 0 Å². The Morgan fingerprint density at radius 1 is 1.44 bits per heavy atom. The third-order valence-corrected chi connectivity index (χ3v) is 3.60. The average molecular weight is 252 g/mol. The largest absolute Gasteiger partial charge is 0.494 e. The van der Waals surface area contributed by atoms with Crippen LogP contribution in [0.1, 0.15) is 30.9 Å². The van der Waals surface area contributed by atoms with Crippen molar-refractivity contribution in [2.24, 2.45) is 0 Å². The summed E-state index contributed by atoms with van der Waals surface area (Å²) in [6.45, 7) is 1.04. The molecule has 1 fully saturated rings. The Labute approximate surface area is 108 Å². The van der Waals surface area contributed by atoms with E-state index in [4.69, 9.17) is 4.74 Å². The molecule has 1 aromatic rings. The fraction of sp³-hybridized carbons (Fsp3) is 0.571. The van der Waals surface area contributed by atoms with E-state index in [9.17, 15) is 4.39 Å². The van der Waals surface area contributed by atoms with Crippen molar-refractivity contribution in [3.63, 3.8) is 0 Å². The first-order valence-corrected chi connectivity index (χ1v) is 6.50. The summed E-state index contributed by atoms with van der Waals surface area (Å²) in [5.41, 5.74) is 0.968. The van der Waals surface area contributed by atoms with Gasteiger partial charge in [-0.25, -0.2) is 4.39 Å². The van der Waals surface area contributed by atoms with Crippen LogP contribution in [0.3, 0.4) is 0 Å². The molecule has 2 N–H and O–H groups in total. The van der Waals surface area contributed by atoms with Crippen molar-refractivity contribution in [1.29, 1.82) is 0 Å². The molecular weight excluding hydrogens is 231 g/mol. The number of methoxy groups -OCH3 is 1. The molecule has 18 heavy (non-hydrogen) atoms. The smallest absolute Gasteiger partial charge is 0.165 e. The molecule has 1 aliphatic rings. The van der Waals surface area contributed by atoms with Crippen LogP contribution in [0, 0.1) is 5.82 Å². The second-order valence-corrected chi connectivity index (χ2v) is 4.72. The Morgan fingerprint density at radius 3 is 2.83 bits per heavy atom. The van der Waals surface area contributed by atoms with Crippen LogP contribution in [0.4, 0.5) is 4.39 Å². The summed E-state index contributed by atoms with van der Waals surface area (Å²) in [5, 5.41) is 6.78. The SMILES string of the molecule is CNC(c1ccc(OC)c(F)c1)C1CCCCN1. The van der Waals surface area contributed by atoms with Gasteiger partial charge in [0.25, 0.3) is 0 Å². The Bertz CT molecular complexity index is 391. The van der Waals surface area contributed by atoms with Crippen LogP contribution < -0.4 is 15.4 Å². The van der Waals surface area contributed by atoms with E-state index in [-0.39, 0.29) is 11.9 Å². The lowest BCUT2D eigenvalue weighted by Crippen LogP contribution is -2.43. The van der Waals surface area contributed by atoms with Gasteiger partial charge in [0.05, 0.1) is 7.11 Å². The molecule has 0 saturated carbocycles. The molecule has 0 radical (unpaired) electrons. The third kappa shape index (κ3) is 2.82. The summed E-state index contributed by atoms with van der Waals surface area (Å²) in [4.78, 5) is 0. The zero-order valence-corrected chi connectivity index (χ0v) is 11.0. The fourth-order valence-electron chi connectivity index (χ4n) is 2.64. The number of nitrogens with one attached hydrogen (secondary N) is 2. The van der Waals surface area contributed by atoms with Crippen molar-refractivity contribution in [3.05, 3.63) is 29.6 Å². The van der Waals surface area contributed by atoms with E-state index in [0.29, 0.717) is 11.8 Å². The first-order chi connectivity index (χ1) is 8.76. The van der Waals surface area contributed by atoms with E-state index in [1.807, 2.05) is 13.1 Å². The second kappa shape index (κ2) is 6.16. The maximum atomic E-state index is 13.7. The van der Waals surface area contributed by atoms with E-state index in [0.717, 1.165) is 18.5 Å². The van der Waals surface area contributed by atoms with Crippen LogP contribution in [0.25, 0.3) is 0 Å². The predicted octanol–water partition coefficient (Wildman–Crippen LogP) is 2.24. The van der Waals surface area contributed by atoms with Gasteiger partial charge in [0.1, 0.15) is 0 Å². The van der Waals surface area contributed by atoms with Crippen LogP contribution in [0.5, 0.6) is 5.75 Å². The normalized spacial score (nSPS) is 21.6. The number of halogens is 1. The van der Waals surface area contributed by atoms with Crippen molar-refractivity contribution < 1.29 is 9.13 Å². The van der Waals surface area contributed by atoms with E-state index in [1.54, 1.807) is 12.1 Å². The standard InChI is InChI=1S/C14H21FN2O/c1-16-14(12-5-3-4-8-17-12)10-6-7-13(18-2)11(15)9-10/h6-7,9,12,14,16-17H,3-5,8H2,1-2H3. The topological polar surface area (TPSA) is 33.3 Å². The lowest BCUT2D eigenvalue weighted by Gasteiger charge is -2.31. The average Bonchev–Trinajstić information content (AvgIpc) is 2.41. The number of benzene rings is 1. The van der Waals surface area contributed by atoms with E-state index >= 15 is 0 Å². The molecule has 0 spiro atoms. The molecule has 3 nitrogen and oxygen atoms in total. The molecule has 1 heterocycles. The number of ether oxygens (including phenoxy) is 1. The molecule has 1 aromatic carbocycles. The van der Waals surface area contributed by atoms with Gasteiger partial charge in [-0.05, 0) is 44.1 Å². The highest BCUT2D eigenvalue weighted by molar-refractivity contribution is 5.31. The number of hydrogen-bond donors (Lipinski definition) is 2. The molecule has 4 heteroatoms. The molecule has 2 atom stereocenters. The number of piperidine rings is 1. The first kappa shape index (κ1) is 13.3. The van der Waals surface area contributed by atoms with Crippen molar-refractivity contribution in [2.45, 2.75) is 31.3 Å². The van der Waals surface area contributed by atoms with Gasteiger partial charge in [-0.3, -0.25) is 0 Å². The maximum absolute atomic E-state index is 13.7. The monoisotopic (exact) mass is 252 g/mol. The van der Waals surface area contributed by atoms with Crippen molar-refractivity contribution >= 4 is 0 Å². The van der Waals surface area contributed by atoms with Crippen LogP contribution in [0.15, 0.2) is 18.2 Å². The summed E-state index contributed by atoms with van der Waals surface area (Å²) in [7, 11) is 3.40. The zero-order chi connectivity index (χ0) is 13.0. The Morgan fingerprint density at radius 2 is 2.28 bits per heavy atom. The van der Waals surface area contributed by atoms with E-state index in [2.05, 4.69) is 10.6 Å². The minimum absolute atomic E-state index is 0.144. The summed E-state index contributed by atoms with van der Waals surface area (Å²) in [6.07, 6.45) is 3.58. The van der Waals surface area contributed by atoms with Gasteiger partial charge >= 0.3 is 0 Å². The first-order valence-electron chi connectivity index (χ1n) is 6.50. The van der Waals surface area contributed by atoms with Crippen LogP contribution >= 0.6 is 0 Å². The van der Waals surface area contributed by atoms with E-state index < -0.39 is 0 Å². The highest BCUT2D eigenvalue weighted by Crippen LogP contribution is 2.26. The van der Waals surface area contributed by atoms with Crippen molar-refractivity contribution in [3.8, 4) is 5.75 Å². The molecule has 1 saturated heterocycles. The van der Waals surface area contributed by atoms with Gasteiger partial charge in [0.15, 0.2) is 11.6 Å². The Balaban J connectivity index is 2.18. The lowest BCUT2D eigenvalue weighted by atomic mass is 9.92. The summed E-state index contributed by atoms with van der Waals surface area (Å²) < 4.78 is 18.7. The number of rotatable bonds is 4. The van der Waals surface area contributed by atoms with Gasteiger partial charge < -0.3 is 15.4 Å². The molecule has 0 amide bonds. The van der Waals surface area contributed by atoms with Gasteiger partial charge in [0, 0.05) is 12.1 Å². The van der Waals surface area contributed by atoms with E-state index in [1.165, 1.54) is 20.0 Å². The summed E-state index contributed by atoms with van der Waals surface area (Å²) >= 11 is 0. The molecule has 0 bridgehead atoms. The maximum Gasteiger partial charge on any atom is 0.165 e. The summed E-state index contributed by atoms with van der Waals surface area (Å²) in [5.74, 6) is -0.00346. The molecular formula is C14H21FN2O. The highest BCUT2D eigenvalue weighted by Gasteiger charge is 2.24. The molecule has 1 aliphatic heterocycles. The van der Waals surface area contributed by atoms with Crippen LogP contribution in [0.2, 0.25) is 0 Å². The Kier molecular flexibility index (Phi) is 4.55. The molecule has 100 valence electrons. The quantitative estimate of drug-likeness (QED) is 0.862. The summed E-state index contributed by atoms with van der Waals surface area (Å²) in [6, 6.07) is 5.70. The highest BCUT2D eigenvalue weighted by atomic mass is 19.1. The minimum Gasteiger partial charge on any atom is -0.494 e. The van der Waals surface area contributed by atoms with Gasteiger partial charge in [-0.1, -0.05) is 12.5 Å². The van der Waals surface area contributed by atoms with Crippen molar-refractivity contribution in [1.82, 2.24) is 10.6 Å². The lowest BCUT2D eigenvalue weighted by molar-refractivity contribution is 0.325. The van der Waals surface area contributed by atoms with Crippen molar-refractivity contribution in [2.75, 3.05) is 20.7 Å². The van der Waals surface area contributed by atoms with Crippen LogP contribution in [-0.2, 0) is 0 Å². The molecule has 0 aliphatic carbocycles. The molecule has 2 unspecified atom stereocenters. The minimum atomic E-state index is -0.300. The second-order valence-electron chi connectivity index (χ2n) is 4.72. The fourth-order valence-corrected chi connectivity index (χ4v) is 2.64. The predicted molar refractivity (Wildman–Crippen MR) is 70.4 cm³/mol. The molecule has 2 rings (SSSR count). The third-order valence-electron chi connectivity index (χ3n) is 3.60. The van der Waals surface area contributed by atoms with Crippen LogP contribution in [-0.4, -0.2) is 26.7 Å². The van der Waals surface area contributed by atoms with Gasteiger partial charge in [-0.15, -0.1) is 0 Å². The number of hydrogen-bond acceptors (Lipinski definition) is 3. The number of likely N-dealkylation sites (N-methyl/N-ethyl adjacent to an activating group) is 1. The Hall–Kier alpha value is -1.13. The van der Waals surface area contributed by atoms with Gasteiger partial charge in [0.2, 0.25) is 0 Å². The zero-order valence-electron chi connectivity index (χ0n) is 11.0.